The summed E-state index contributed by atoms with van der Waals surface area (Å²) in [5.41, 5.74) is 8.69. The summed E-state index contributed by atoms with van der Waals surface area (Å²) in [6.07, 6.45) is 1.77. The van der Waals surface area contributed by atoms with Gasteiger partial charge in [0.1, 0.15) is 5.69 Å². The zero-order valence-corrected chi connectivity index (χ0v) is 12.5. The van der Waals surface area contributed by atoms with Gasteiger partial charge in [0.05, 0.1) is 5.69 Å². The Bertz CT molecular complexity index is 619. The third kappa shape index (κ3) is 2.81. The lowest BCUT2D eigenvalue weighted by molar-refractivity contribution is 0.101. The number of rotatable bonds is 3. The molecule has 19 heavy (non-hydrogen) atoms. The number of benzene rings is 1. The number of nitrogens with two attached hydrogens (primary N) is 1. The highest BCUT2D eigenvalue weighted by molar-refractivity contribution is 9.10. The first-order chi connectivity index (χ1) is 9.02. The lowest BCUT2D eigenvalue weighted by atomic mass is 10.2. The molecule has 1 amide bonds. The van der Waals surface area contributed by atoms with Gasteiger partial charge in [0.15, 0.2) is 0 Å². The van der Waals surface area contributed by atoms with Gasteiger partial charge in [-0.25, -0.2) is 0 Å². The Morgan fingerprint density at radius 3 is 2.89 bits per heavy atom. The van der Waals surface area contributed by atoms with E-state index in [0.717, 1.165) is 15.7 Å². The first-order valence-electron chi connectivity index (χ1n) is 6.05. The van der Waals surface area contributed by atoms with Crippen LogP contribution < -0.4 is 11.1 Å². The average Bonchev–Trinajstić information content (AvgIpc) is 2.76. The van der Waals surface area contributed by atoms with Gasteiger partial charge in [-0.15, -0.1) is 0 Å². The molecule has 0 spiro atoms. The van der Waals surface area contributed by atoms with E-state index < -0.39 is 0 Å². The number of anilines is 2. The maximum absolute atomic E-state index is 12.3. The largest absolute Gasteiger partial charge is 0.397 e. The number of carbonyl (C=O) groups is 1. The molecule has 0 unspecified atom stereocenters. The topological polar surface area (TPSA) is 60.0 Å². The van der Waals surface area contributed by atoms with Gasteiger partial charge in [-0.3, -0.25) is 4.79 Å². The SMILES string of the molecule is CCn1cc(N)cc1C(=O)Nc1cccc(Br)c1C. The Balaban J connectivity index is 2.28. The molecule has 1 aromatic heterocycles. The molecule has 0 aliphatic heterocycles. The summed E-state index contributed by atoms with van der Waals surface area (Å²) in [7, 11) is 0. The summed E-state index contributed by atoms with van der Waals surface area (Å²) in [5, 5.41) is 2.91. The van der Waals surface area contributed by atoms with Crippen molar-refractivity contribution in [2.24, 2.45) is 0 Å². The number of hydrogen-bond donors (Lipinski definition) is 2. The van der Waals surface area contributed by atoms with Crippen LogP contribution in [0.2, 0.25) is 0 Å². The molecule has 0 fully saturated rings. The highest BCUT2D eigenvalue weighted by atomic mass is 79.9. The number of nitrogen functional groups attached to an aromatic ring is 1. The predicted molar refractivity (Wildman–Crippen MR) is 81.4 cm³/mol. The van der Waals surface area contributed by atoms with Crippen molar-refractivity contribution < 1.29 is 4.79 Å². The van der Waals surface area contributed by atoms with Crippen molar-refractivity contribution in [3.63, 3.8) is 0 Å². The van der Waals surface area contributed by atoms with E-state index in [-0.39, 0.29) is 5.91 Å². The van der Waals surface area contributed by atoms with Gasteiger partial charge in [0.2, 0.25) is 0 Å². The first-order valence-corrected chi connectivity index (χ1v) is 6.84. The van der Waals surface area contributed by atoms with Gasteiger partial charge in [0.25, 0.3) is 5.91 Å². The second kappa shape index (κ2) is 5.48. The number of aromatic nitrogens is 1. The van der Waals surface area contributed by atoms with Crippen LogP contribution in [0.4, 0.5) is 11.4 Å². The van der Waals surface area contributed by atoms with Gasteiger partial charge >= 0.3 is 0 Å². The first kappa shape index (κ1) is 13.7. The van der Waals surface area contributed by atoms with E-state index in [0.29, 0.717) is 17.9 Å². The molecule has 2 rings (SSSR count). The molecule has 0 saturated heterocycles. The van der Waals surface area contributed by atoms with Crippen molar-refractivity contribution in [2.75, 3.05) is 11.1 Å². The van der Waals surface area contributed by atoms with Gasteiger partial charge in [0, 0.05) is 22.9 Å². The van der Waals surface area contributed by atoms with E-state index in [1.165, 1.54) is 0 Å². The molecule has 0 radical (unpaired) electrons. The van der Waals surface area contributed by atoms with E-state index in [9.17, 15) is 4.79 Å². The summed E-state index contributed by atoms with van der Waals surface area (Å²) >= 11 is 3.45. The van der Waals surface area contributed by atoms with Crippen LogP contribution in [0.15, 0.2) is 34.9 Å². The number of nitrogens with zero attached hydrogens (tertiary/aromatic N) is 1. The van der Waals surface area contributed by atoms with E-state index in [1.807, 2.05) is 36.6 Å². The number of hydrogen-bond acceptors (Lipinski definition) is 2. The summed E-state index contributed by atoms with van der Waals surface area (Å²) in [6.45, 7) is 4.63. The minimum Gasteiger partial charge on any atom is -0.397 e. The van der Waals surface area contributed by atoms with E-state index in [2.05, 4.69) is 21.2 Å². The molecule has 2 aromatic rings. The summed E-state index contributed by atoms with van der Waals surface area (Å²) in [5.74, 6) is -0.153. The third-order valence-electron chi connectivity index (χ3n) is 3.01. The highest BCUT2D eigenvalue weighted by Gasteiger charge is 2.13. The molecular formula is C14H16BrN3O. The molecule has 3 N–H and O–H groups in total. The maximum Gasteiger partial charge on any atom is 0.272 e. The normalized spacial score (nSPS) is 10.5. The monoisotopic (exact) mass is 321 g/mol. The Morgan fingerprint density at radius 2 is 2.21 bits per heavy atom. The van der Waals surface area contributed by atoms with Crippen molar-refractivity contribution in [1.82, 2.24) is 4.57 Å². The minimum atomic E-state index is -0.153. The molecule has 100 valence electrons. The molecule has 0 aliphatic rings. The van der Waals surface area contributed by atoms with Crippen LogP contribution in [0.25, 0.3) is 0 Å². The van der Waals surface area contributed by atoms with Crippen molar-refractivity contribution in [3.8, 4) is 0 Å². The number of aryl methyl sites for hydroxylation is 1. The highest BCUT2D eigenvalue weighted by Crippen LogP contribution is 2.24. The number of amides is 1. The zero-order chi connectivity index (χ0) is 14.0. The van der Waals surface area contributed by atoms with Crippen LogP contribution in [0.1, 0.15) is 23.0 Å². The summed E-state index contributed by atoms with van der Waals surface area (Å²) < 4.78 is 2.80. The lowest BCUT2D eigenvalue weighted by Gasteiger charge is -2.10. The lowest BCUT2D eigenvalue weighted by Crippen LogP contribution is -2.17. The maximum atomic E-state index is 12.3. The fraction of sp³-hybridized carbons (Fsp3) is 0.214. The Hall–Kier alpha value is -1.75. The van der Waals surface area contributed by atoms with Crippen molar-refractivity contribution in [3.05, 3.63) is 46.2 Å². The predicted octanol–water partition coefficient (Wildman–Crippen LogP) is 3.41. The van der Waals surface area contributed by atoms with Crippen molar-refractivity contribution in [2.45, 2.75) is 20.4 Å². The quantitative estimate of drug-likeness (QED) is 0.910. The average molecular weight is 322 g/mol. The van der Waals surface area contributed by atoms with Crippen LogP contribution in [0, 0.1) is 6.92 Å². The molecule has 1 aromatic carbocycles. The summed E-state index contributed by atoms with van der Waals surface area (Å²) in [4.78, 5) is 12.3. The van der Waals surface area contributed by atoms with Crippen LogP contribution in [-0.2, 0) is 6.54 Å². The van der Waals surface area contributed by atoms with Gasteiger partial charge in [-0.1, -0.05) is 22.0 Å². The third-order valence-corrected chi connectivity index (χ3v) is 3.87. The molecule has 0 atom stereocenters. The van der Waals surface area contributed by atoms with E-state index >= 15 is 0 Å². The van der Waals surface area contributed by atoms with Crippen molar-refractivity contribution >= 4 is 33.2 Å². The van der Waals surface area contributed by atoms with Crippen LogP contribution in [0.3, 0.4) is 0 Å². The smallest absolute Gasteiger partial charge is 0.272 e. The Kier molecular flexibility index (Phi) is 3.95. The molecule has 0 saturated carbocycles. The number of nitrogens with one attached hydrogen (secondary N) is 1. The molecule has 5 heteroatoms. The van der Waals surface area contributed by atoms with E-state index in [1.54, 1.807) is 12.3 Å². The molecular weight excluding hydrogens is 306 g/mol. The van der Waals surface area contributed by atoms with Crippen molar-refractivity contribution in [1.29, 1.82) is 0 Å². The molecule has 0 bridgehead atoms. The second-order valence-electron chi connectivity index (χ2n) is 4.31. The standard InChI is InChI=1S/C14H16BrN3O/c1-3-18-8-10(16)7-13(18)14(19)17-12-6-4-5-11(15)9(12)2/h4-8H,3,16H2,1-2H3,(H,17,19). The van der Waals surface area contributed by atoms with Gasteiger partial charge < -0.3 is 15.6 Å². The Labute approximate surface area is 120 Å². The fourth-order valence-corrected chi connectivity index (χ4v) is 2.28. The minimum absolute atomic E-state index is 0.153. The molecule has 1 heterocycles. The number of halogens is 1. The zero-order valence-electron chi connectivity index (χ0n) is 10.9. The van der Waals surface area contributed by atoms with Gasteiger partial charge in [-0.2, -0.15) is 0 Å². The number of carbonyl (C=O) groups excluding carboxylic acids is 1. The molecule has 0 aliphatic carbocycles. The fourth-order valence-electron chi connectivity index (χ4n) is 1.91. The second-order valence-corrected chi connectivity index (χ2v) is 5.17. The van der Waals surface area contributed by atoms with E-state index in [4.69, 9.17) is 5.73 Å². The van der Waals surface area contributed by atoms with Crippen LogP contribution in [0.5, 0.6) is 0 Å². The van der Waals surface area contributed by atoms with Crippen LogP contribution in [-0.4, -0.2) is 10.5 Å². The van der Waals surface area contributed by atoms with Gasteiger partial charge in [-0.05, 0) is 37.6 Å². The Morgan fingerprint density at radius 1 is 1.47 bits per heavy atom. The summed E-state index contributed by atoms with van der Waals surface area (Å²) in [6, 6.07) is 7.39. The van der Waals surface area contributed by atoms with Crippen LogP contribution >= 0.6 is 15.9 Å². The molecule has 4 nitrogen and oxygen atoms in total.